The first-order valence-corrected chi connectivity index (χ1v) is 7.70. The first kappa shape index (κ1) is 13.3. The summed E-state index contributed by atoms with van der Waals surface area (Å²) in [5.74, 6) is 2.66. The molecule has 1 heterocycles. The minimum atomic E-state index is 0.631. The Labute approximate surface area is 120 Å². The summed E-state index contributed by atoms with van der Waals surface area (Å²) < 4.78 is 5.75. The van der Waals surface area contributed by atoms with Crippen LogP contribution in [0.3, 0.4) is 0 Å². The number of fused-ring (bicyclic) bond motifs is 1. The maximum atomic E-state index is 6.19. The summed E-state index contributed by atoms with van der Waals surface area (Å²) in [5.41, 5.74) is 2.48. The zero-order valence-electron chi connectivity index (χ0n) is 11.7. The Morgan fingerprint density at radius 3 is 2.89 bits per heavy atom. The summed E-state index contributed by atoms with van der Waals surface area (Å²) in [4.78, 5) is 0. The van der Waals surface area contributed by atoms with E-state index in [-0.39, 0.29) is 0 Å². The fourth-order valence-corrected chi connectivity index (χ4v) is 3.63. The minimum Gasteiger partial charge on any atom is -0.493 e. The van der Waals surface area contributed by atoms with E-state index in [4.69, 9.17) is 16.3 Å². The molecule has 0 saturated heterocycles. The molecular weight excluding hydrogens is 258 g/mol. The van der Waals surface area contributed by atoms with E-state index in [1.54, 1.807) is 0 Å². The van der Waals surface area contributed by atoms with Crippen LogP contribution in [0.2, 0.25) is 5.02 Å². The molecule has 1 fully saturated rings. The highest BCUT2D eigenvalue weighted by atomic mass is 35.5. The van der Waals surface area contributed by atoms with Crippen LogP contribution in [0.1, 0.15) is 37.8 Å². The second kappa shape index (κ2) is 5.34. The van der Waals surface area contributed by atoms with Gasteiger partial charge in [-0.15, -0.1) is 0 Å². The molecule has 3 rings (SSSR count). The summed E-state index contributed by atoms with van der Waals surface area (Å²) >= 11 is 6.19. The van der Waals surface area contributed by atoms with E-state index in [2.05, 4.69) is 19.2 Å². The van der Waals surface area contributed by atoms with Crippen LogP contribution in [-0.2, 0) is 13.0 Å². The topological polar surface area (TPSA) is 21.3 Å². The van der Waals surface area contributed by atoms with E-state index >= 15 is 0 Å². The number of rotatable bonds is 3. The Morgan fingerprint density at radius 2 is 2.16 bits per heavy atom. The molecule has 0 bridgehead atoms. The Balaban J connectivity index is 1.71. The maximum absolute atomic E-state index is 6.19. The van der Waals surface area contributed by atoms with Gasteiger partial charge in [0.05, 0.1) is 6.61 Å². The lowest BCUT2D eigenvalue weighted by atomic mass is 9.97. The summed E-state index contributed by atoms with van der Waals surface area (Å²) in [7, 11) is 0. The second-order valence-electron chi connectivity index (χ2n) is 6.05. The molecule has 0 amide bonds. The fraction of sp³-hybridized carbons (Fsp3) is 0.625. The molecule has 104 valence electrons. The van der Waals surface area contributed by atoms with Gasteiger partial charge in [0.2, 0.25) is 0 Å². The number of benzene rings is 1. The SMILES string of the molecule is CC1CCC(NCc2cc(Cl)cc3c2OCC3)C1C. The lowest BCUT2D eigenvalue weighted by Gasteiger charge is -2.20. The third-order valence-corrected chi connectivity index (χ3v) is 5.06. The third-order valence-electron chi connectivity index (χ3n) is 4.85. The molecule has 3 atom stereocenters. The van der Waals surface area contributed by atoms with Crippen LogP contribution in [-0.4, -0.2) is 12.6 Å². The molecule has 1 aliphatic carbocycles. The summed E-state index contributed by atoms with van der Waals surface area (Å²) in [6, 6.07) is 4.71. The normalized spacial score (nSPS) is 29.3. The van der Waals surface area contributed by atoms with Gasteiger partial charge in [-0.1, -0.05) is 25.4 Å². The van der Waals surface area contributed by atoms with Gasteiger partial charge < -0.3 is 10.1 Å². The Kier molecular flexibility index (Phi) is 3.72. The quantitative estimate of drug-likeness (QED) is 0.909. The first-order valence-electron chi connectivity index (χ1n) is 7.32. The van der Waals surface area contributed by atoms with Crippen LogP contribution in [0, 0.1) is 11.8 Å². The van der Waals surface area contributed by atoms with Crippen LogP contribution < -0.4 is 10.1 Å². The van der Waals surface area contributed by atoms with Gasteiger partial charge in [0.25, 0.3) is 0 Å². The molecule has 1 aromatic carbocycles. The van der Waals surface area contributed by atoms with Crippen LogP contribution >= 0.6 is 11.6 Å². The van der Waals surface area contributed by atoms with Crippen molar-refractivity contribution < 1.29 is 4.74 Å². The van der Waals surface area contributed by atoms with Crippen molar-refractivity contribution in [3.63, 3.8) is 0 Å². The van der Waals surface area contributed by atoms with Crippen molar-refractivity contribution in [1.29, 1.82) is 0 Å². The molecule has 2 nitrogen and oxygen atoms in total. The third kappa shape index (κ3) is 2.61. The van der Waals surface area contributed by atoms with Crippen LogP contribution in [0.15, 0.2) is 12.1 Å². The van der Waals surface area contributed by atoms with Gasteiger partial charge in [0, 0.05) is 29.6 Å². The van der Waals surface area contributed by atoms with Crippen molar-refractivity contribution in [3.05, 3.63) is 28.3 Å². The van der Waals surface area contributed by atoms with Crippen LogP contribution in [0.4, 0.5) is 0 Å². The molecular formula is C16H22ClNO. The number of nitrogens with one attached hydrogen (secondary N) is 1. The summed E-state index contributed by atoms with van der Waals surface area (Å²) in [6.45, 7) is 6.37. The van der Waals surface area contributed by atoms with E-state index < -0.39 is 0 Å². The molecule has 0 aromatic heterocycles. The van der Waals surface area contributed by atoms with Gasteiger partial charge in [0.1, 0.15) is 5.75 Å². The average Bonchev–Trinajstić information content (AvgIpc) is 2.96. The predicted molar refractivity (Wildman–Crippen MR) is 78.8 cm³/mol. The highest BCUT2D eigenvalue weighted by Gasteiger charge is 2.29. The molecule has 1 saturated carbocycles. The summed E-state index contributed by atoms with van der Waals surface area (Å²) in [5, 5.41) is 4.52. The fourth-order valence-electron chi connectivity index (χ4n) is 3.37. The van der Waals surface area contributed by atoms with Crippen molar-refractivity contribution >= 4 is 11.6 Å². The Hall–Kier alpha value is -0.730. The van der Waals surface area contributed by atoms with Gasteiger partial charge in [-0.3, -0.25) is 0 Å². The van der Waals surface area contributed by atoms with Crippen LogP contribution in [0.25, 0.3) is 0 Å². The van der Waals surface area contributed by atoms with Crippen LogP contribution in [0.5, 0.6) is 5.75 Å². The van der Waals surface area contributed by atoms with E-state index in [0.29, 0.717) is 6.04 Å². The first-order chi connectivity index (χ1) is 9.15. The molecule has 0 spiro atoms. The van der Waals surface area contributed by atoms with Gasteiger partial charge >= 0.3 is 0 Å². The summed E-state index contributed by atoms with van der Waals surface area (Å²) in [6.07, 6.45) is 3.61. The van der Waals surface area contributed by atoms with Crippen molar-refractivity contribution in [1.82, 2.24) is 5.32 Å². The molecule has 1 aromatic rings. The molecule has 3 unspecified atom stereocenters. The smallest absolute Gasteiger partial charge is 0.127 e. The Morgan fingerprint density at radius 1 is 1.32 bits per heavy atom. The van der Waals surface area contributed by atoms with Gasteiger partial charge in [-0.2, -0.15) is 0 Å². The number of hydrogen-bond acceptors (Lipinski definition) is 2. The lowest BCUT2D eigenvalue weighted by molar-refractivity contribution is 0.345. The van der Waals surface area contributed by atoms with E-state index in [1.165, 1.54) is 24.0 Å². The van der Waals surface area contributed by atoms with E-state index in [1.807, 2.05) is 12.1 Å². The number of halogens is 1. The zero-order chi connectivity index (χ0) is 13.4. The average molecular weight is 280 g/mol. The standard InChI is InChI=1S/C16H22ClNO/c1-10-3-4-15(11(10)2)18-9-13-8-14(17)7-12-5-6-19-16(12)13/h7-8,10-11,15,18H,3-6,9H2,1-2H3. The lowest BCUT2D eigenvalue weighted by Crippen LogP contribution is -2.32. The zero-order valence-corrected chi connectivity index (χ0v) is 12.5. The van der Waals surface area contributed by atoms with Gasteiger partial charge in [-0.05, 0) is 42.4 Å². The predicted octanol–water partition coefficient (Wildman–Crippen LogP) is 3.80. The molecule has 19 heavy (non-hydrogen) atoms. The van der Waals surface area contributed by atoms with Crippen molar-refractivity contribution in [3.8, 4) is 5.75 Å². The van der Waals surface area contributed by atoms with Gasteiger partial charge in [0.15, 0.2) is 0 Å². The highest BCUT2D eigenvalue weighted by molar-refractivity contribution is 6.30. The minimum absolute atomic E-state index is 0.631. The van der Waals surface area contributed by atoms with Crippen molar-refractivity contribution in [2.75, 3.05) is 6.61 Å². The molecule has 2 aliphatic rings. The second-order valence-corrected chi connectivity index (χ2v) is 6.49. The molecule has 1 N–H and O–H groups in total. The van der Waals surface area contributed by atoms with Crippen molar-refractivity contribution in [2.24, 2.45) is 11.8 Å². The maximum Gasteiger partial charge on any atom is 0.127 e. The van der Waals surface area contributed by atoms with E-state index in [9.17, 15) is 0 Å². The highest BCUT2D eigenvalue weighted by Crippen LogP contribution is 2.34. The number of hydrogen-bond donors (Lipinski definition) is 1. The molecule has 3 heteroatoms. The van der Waals surface area contributed by atoms with E-state index in [0.717, 1.165) is 42.2 Å². The molecule has 0 radical (unpaired) electrons. The Bertz CT molecular complexity index is 474. The molecule has 1 aliphatic heterocycles. The number of ether oxygens (including phenoxy) is 1. The van der Waals surface area contributed by atoms with Crippen molar-refractivity contribution in [2.45, 2.75) is 45.7 Å². The van der Waals surface area contributed by atoms with Gasteiger partial charge in [-0.25, -0.2) is 0 Å². The monoisotopic (exact) mass is 279 g/mol. The largest absolute Gasteiger partial charge is 0.493 e.